The molecule has 2 unspecified atom stereocenters. The van der Waals surface area contributed by atoms with Gasteiger partial charge in [0.1, 0.15) is 0 Å². The van der Waals surface area contributed by atoms with Crippen molar-refractivity contribution >= 4 is 0 Å². The molecule has 0 fully saturated rings. The van der Waals surface area contributed by atoms with E-state index in [2.05, 4.69) is 6.92 Å². The molecule has 4 heteroatoms. The van der Waals surface area contributed by atoms with Crippen LogP contribution in [-0.4, -0.2) is 0 Å². The average molecular weight is 291 g/mol. The third-order valence-electron chi connectivity index (χ3n) is 4.46. The van der Waals surface area contributed by atoms with E-state index in [-0.39, 0.29) is 5.56 Å². The van der Waals surface area contributed by atoms with Gasteiger partial charge < -0.3 is 5.73 Å². The predicted molar refractivity (Wildman–Crippen MR) is 75.4 cm³/mol. The van der Waals surface area contributed by atoms with Crippen molar-refractivity contribution in [1.29, 1.82) is 0 Å². The minimum Gasteiger partial charge on any atom is -0.318 e. The highest BCUT2D eigenvalue weighted by molar-refractivity contribution is 5.46. The Morgan fingerprint density at radius 1 is 1.00 bits per heavy atom. The van der Waals surface area contributed by atoms with Crippen LogP contribution in [-0.2, 0) is 5.54 Å². The summed E-state index contributed by atoms with van der Waals surface area (Å²) in [5, 5.41) is 0. The van der Waals surface area contributed by atoms with E-state index >= 15 is 0 Å². The molecule has 2 atom stereocenters. The van der Waals surface area contributed by atoms with Crippen LogP contribution in [0.25, 0.3) is 0 Å². The summed E-state index contributed by atoms with van der Waals surface area (Å²) in [7, 11) is 0. The van der Waals surface area contributed by atoms with Gasteiger partial charge in [-0.2, -0.15) is 0 Å². The largest absolute Gasteiger partial charge is 0.318 e. The first kappa shape index (κ1) is 14.1. The minimum absolute atomic E-state index is 0.0146. The van der Waals surface area contributed by atoms with Gasteiger partial charge in [0, 0.05) is 5.56 Å². The summed E-state index contributed by atoms with van der Waals surface area (Å²) in [5.41, 5.74) is 7.16. The smallest absolute Gasteiger partial charge is 0.194 e. The molecule has 0 amide bonds. The average Bonchev–Trinajstić information content (AvgIpc) is 2.49. The second-order valence-corrected chi connectivity index (χ2v) is 5.72. The normalized spacial score (nSPS) is 24.7. The molecule has 0 radical (unpaired) electrons. The van der Waals surface area contributed by atoms with E-state index in [4.69, 9.17) is 5.73 Å². The molecule has 1 aliphatic carbocycles. The predicted octanol–water partition coefficient (Wildman–Crippen LogP) is 4.20. The van der Waals surface area contributed by atoms with E-state index in [1.165, 1.54) is 6.07 Å². The van der Waals surface area contributed by atoms with Crippen LogP contribution in [0.15, 0.2) is 36.4 Å². The fraction of sp³-hybridized carbons (Fsp3) is 0.294. The number of rotatable bonds is 1. The molecule has 110 valence electrons. The van der Waals surface area contributed by atoms with Gasteiger partial charge >= 0.3 is 0 Å². The van der Waals surface area contributed by atoms with Gasteiger partial charge in [-0.05, 0) is 36.0 Å². The highest BCUT2D eigenvalue weighted by atomic mass is 19.2. The summed E-state index contributed by atoms with van der Waals surface area (Å²) in [6.07, 6.45) is 1.26. The number of benzene rings is 2. The number of nitrogens with two attached hydrogens (primary N) is 1. The van der Waals surface area contributed by atoms with Gasteiger partial charge in [-0.25, -0.2) is 13.2 Å². The zero-order valence-corrected chi connectivity index (χ0v) is 11.7. The van der Waals surface area contributed by atoms with Crippen LogP contribution in [0.2, 0.25) is 0 Å². The third-order valence-corrected chi connectivity index (χ3v) is 4.46. The zero-order valence-electron chi connectivity index (χ0n) is 11.7. The maximum absolute atomic E-state index is 14.2. The molecule has 0 aliphatic heterocycles. The van der Waals surface area contributed by atoms with Crippen LogP contribution in [0, 0.1) is 17.5 Å². The molecule has 0 saturated heterocycles. The van der Waals surface area contributed by atoms with E-state index in [1.807, 2.05) is 24.3 Å². The molecule has 0 spiro atoms. The summed E-state index contributed by atoms with van der Waals surface area (Å²) >= 11 is 0. The first-order chi connectivity index (χ1) is 9.95. The van der Waals surface area contributed by atoms with Crippen LogP contribution < -0.4 is 5.73 Å². The minimum atomic E-state index is -1.46. The van der Waals surface area contributed by atoms with Gasteiger partial charge in [-0.3, -0.25) is 0 Å². The van der Waals surface area contributed by atoms with Crippen molar-refractivity contribution < 1.29 is 13.2 Å². The molecule has 1 aliphatic rings. The first-order valence-corrected chi connectivity index (χ1v) is 6.97. The second kappa shape index (κ2) is 4.88. The number of hydrogen-bond donors (Lipinski definition) is 1. The highest BCUT2D eigenvalue weighted by Gasteiger charge is 2.39. The lowest BCUT2D eigenvalue weighted by molar-refractivity contribution is 0.376. The van der Waals surface area contributed by atoms with Crippen molar-refractivity contribution in [3.05, 3.63) is 70.5 Å². The Labute approximate surface area is 121 Å². The first-order valence-electron chi connectivity index (χ1n) is 6.97. The molecule has 0 aromatic heterocycles. The molecule has 0 bridgehead atoms. The summed E-state index contributed by atoms with van der Waals surface area (Å²) in [4.78, 5) is 0. The molecule has 0 saturated carbocycles. The molecular formula is C17H16F3N. The van der Waals surface area contributed by atoms with Crippen molar-refractivity contribution in [2.75, 3.05) is 0 Å². The Bertz CT molecular complexity index is 698. The van der Waals surface area contributed by atoms with E-state index in [9.17, 15) is 13.2 Å². The van der Waals surface area contributed by atoms with E-state index in [1.54, 1.807) is 0 Å². The van der Waals surface area contributed by atoms with Gasteiger partial charge in [-0.15, -0.1) is 0 Å². The van der Waals surface area contributed by atoms with Crippen molar-refractivity contribution in [2.24, 2.45) is 5.73 Å². The summed E-state index contributed by atoms with van der Waals surface area (Å²) in [6.45, 7) is 2.08. The fourth-order valence-electron chi connectivity index (χ4n) is 3.22. The molecule has 0 heterocycles. The lowest BCUT2D eigenvalue weighted by atomic mass is 9.69. The van der Waals surface area contributed by atoms with Crippen molar-refractivity contribution in [3.63, 3.8) is 0 Å². The van der Waals surface area contributed by atoms with E-state index in [0.717, 1.165) is 23.6 Å². The van der Waals surface area contributed by atoms with E-state index in [0.29, 0.717) is 12.3 Å². The van der Waals surface area contributed by atoms with Gasteiger partial charge in [0.15, 0.2) is 17.5 Å². The number of hydrogen-bond acceptors (Lipinski definition) is 1. The molecule has 1 nitrogen and oxygen atoms in total. The summed E-state index contributed by atoms with van der Waals surface area (Å²) in [6, 6.07) is 9.71. The Morgan fingerprint density at radius 3 is 2.48 bits per heavy atom. The van der Waals surface area contributed by atoms with Gasteiger partial charge in [0.25, 0.3) is 0 Å². The Balaban J connectivity index is 2.23. The summed E-state index contributed by atoms with van der Waals surface area (Å²) < 4.78 is 40.9. The maximum Gasteiger partial charge on any atom is 0.194 e. The molecule has 2 aromatic carbocycles. The molecule has 2 N–H and O–H groups in total. The zero-order chi connectivity index (χ0) is 15.2. The monoisotopic (exact) mass is 291 g/mol. The lowest BCUT2D eigenvalue weighted by Crippen LogP contribution is -2.42. The SMILES string of the molecule is CC1CCC(N)(c2ccc(F)c(F)c2F)c2ccccc21. The van der Waals surface area contributed by atoms with Gasteiger partial charge in [0.05, 0.1) is 5.54 Å². The molecule has 2 aromatic rings. The molecule has 21 heavy (non-hydrogen) atoms. The highest BCUT2D eigenvalue weighted by Crippen LogP contribution is 2.44. The van der Waals surface area contributed by atoms with Crippen LogP contribution in [0.4, 0.5) is 13.2 Å². The van der Waals surface area contributed by atoms with Crippen LogP contribution in [0.5, 0.6) is 0 Å². The van der Waals surface area contributed by atoms with Crippen molar-refractivity contribution in [3.8, 4) is 0 Å². The molecule has 3 rings (SSSR count). The third kappa shape index (κ3) is 2.05. The second-order valence-electron chi connectivity index (χ2n) is 5.72. The van der Waals surface area contributed by atoms with E-state index < -0.39 is 23.0 Å². The van der Waals surface area contributed by atoms with Crippen LogP contribution in [0.3, 0.4) is 0 Å². The van der Waals surface area contributed by atoms with Crippen molar-refractivity contribution in [1.82, 2.24) is 0 Å². The quantitative estimate of drug-likeness (QED) is 0.783. The number of fused-ring (bicyclic) bond motifs is 1. The van der Waals surface area contributed by atoms with Gasteiger partial charge in [-0.1, -0.05) is 37.3 Å². The van der Waals surface area contributed by atoms with Crippen molar-refractivity contribution in [2.45, 2.75) is 31.2 Å². The Kier molecular flexibility index (Phi) is 3.29. The fourth-order valence-corrected chi connectivity index (χ4v) is 3.22. The Morgan fingerprint density at radius 2 is 1.71 bits per heavy atom. The summed E-state index contributed by atoms with van der Waals surface area (Å²) in [5.74, 6) is -3.54. The number of halogens is 3. The van der Waals surface area contributed by atoms with Crippen LogP contribution in [0.1, 0.15) is 42.4 Å². The molecular weight excluding hydrogens is 275 g/mol. The lowest BCUT2D eigenvalue weighted by Gasteiger charge is -2.39. The maximum atomic E-state index is 14.2. The van der Waals surface area contributed by atoms with Crippen LogP contribution >= 0.6 is 0 Å². The Hall–Kier alpha value is -1.81. The standard InChI is InChI=1S/C17H16F3N/c1-10-8-9-17(21,12-5-3-2-4-11(10)12)13-6-7-14(18)16(20)15(13)19/h2-7,10H,8-9,21H2,1H3. The van der Waals surface area contributed by atoms with Gasteiger partial charge in [0.2, 0.25) is 0 Å². The topological polar surface area (TPSA) is 26.0 Å².